The van der Waals surface area contributed by atoms with Crippen molar-refractivity contribution in [1.82, 2.24) is 9.78 Å². The van der Waals surface area contributed by atoms with E-state index in [1.807, 2.05) is 0 Å². The van der Waals surface area contributed by atoms with E-state index in [4.69, 9.17) is 11.6 Å². The molecule has 6 nitrogen and oxygen atoms in total. The normalized spacial score (nSPS) is 10.4. The zero-order chi connectivity index (χ0) is 14.0. The Hall–Kier alpha value is -2.28. The summed E-state index contributed by atoms with van der Waals surface area (Å²) in [6.07, 6.45) is 1.18. The highest BCUT2D eigenvalue weighted by Crippen LogP contribution is 2.21. The number of rotatable bonds is 4. The molecule has 1 aromatic heterocycles. The van der Waals surface area contributed by atoms with Gasteiger partial charge < -0.3 is 10.1 Å². The number of hydrogen-bond donors (Lipinski definition) is 0. The lowest BCUT2D eigenvalue weighted by molar-refractivity contribution is -0.389. The number of benzene rings is 1. The first-order chi connectivity index (χ1) is 8.97. The van der Waals surface area contributed by atoms with Crippen LogP contribution in [0.1, 0.15) is 10.4 Å². The Morgan fingerprint density at radius 1 is 1.53 bits per heavy atom. The molecule has 0 N–H and O–H groups in total. The third-order valence-electron chi connectivity index (χ3n) is 2.32. The standard InChI is InChI=1S/C11H7ClFN3O3/c12-9-5-15(14-11(9)16(18)19)6-10(17)7-2-1-3-8(13)4-7/h1-5H,6H2. The Balaban J connectivity index is 2.20. The molecule has 2 aromatic rings. The average Bonchev–Trinajstić information content (AvgIpc) is 2.70. The summed E-state index contributed by atoms with van der Waals surface area (Å²) in [4.78, 5) is 21.6. The van der Waals surface area contributed by atoms with E-state index in [9.17, 15) is 19.3 Å². The number of carbonyl (C=O) groups is 1. The van der Waals surface area contributed by atoms with Crippen LogP contribution in [0.2, 0.25) is 5.02 Å². The van der Waals surface area contributed by atoms with Gasteiger partial charge in [0.1, 0.15) is 12.4 Å². The fourth-order valence-corrected chi connectivity index (χ4v) is 1.71. The SMILES string of the molecule is O=C(Cn1cc(Cl)c([N+](=O)[O-])n1)c1cccc(F)c1. The van der Waals surface area contributed by atoms with Gasteiger partial charge in [-0.25, -0.2) is 4.39 Å². The van der Waals surface area contributed by atoms with E-state index in [0.29, 0.717) is 0 Å². The van der Waals surface area contributed by atoms with Crippen LogP contribution >= 0.6 is 11.6 Å². The predicted octanol–water partition coefficient (Wildman–Crippen LogP) is 2.47. The molecule has 0 saturated heterocycles. The van der Waals surface area contributed by atoms with Crippen LogP contribution in [0, 0.1) is 15.9 Å². The molecule has 0 saturated carbocycles. The molecule has 1 heterocycles. The molecule has 0 radical (unpaired) electrons. The molecule has 0 amide bonds. The van der Waals surface area contributed by atoms with E-state index >= 15 is 0 Å². The third kappa shape index (κ3) is 2.94. The maximum atomic E-state index is 13.0. The summed E-state index contributed by atoms with van der Waals surface area (Å²) in [5.41, 5.74) is 0.161. The number of hydrogen-bond acceptors (Lipinski definition) is 4. The Kier molecular flexibility index (Phi) is 3.57. The number of Topliss-reactive ketones (excluding diaryl/α,β-unsaturated/α-hetero) is 1. The minimum absolute atomic E-state index is 0.156. The molecule has 0 fully saturated rings. The number of nitrogens with zero attached hydrogens (tertiary/aromatic N) is 3. The van der Waals surface area contributed by atoms with Gasteiger partial charge in [-0.1, -0.05) is 23.7 Å². The van der Waals surface area contributed by atoms with Gasteiger partial charge >= 0.3 is 5.82 Å². The number of halogens is 2. The van der Waals surface area contributed by atoms with Crippen molar-refractivity contribution in [1.29, 1.82) is 0 Å². The summed E-state index contributed by atoms with van der Waals surface area (Å²) >= 11 is 5.60. The first-order valence-corrected chi connectivity index (χ1v) is 5.51. The highest BCUT2D eigenvalue weighted by molar-refractivity contribution is 6.32. The third-order valence-corrected chi connectivity index (χ3v) is 2.59. The van der Waals surface area contributed by atoms with Crippen LogP contribution in [0.3, 0.4) is 0 Å². The van der Waals surface area contributed by atoms with Crippen LogP contribution in [0.5, 0.6) is 0 Å². The van der Waals surface area contributed by atoms with E-state index in [-0.39, 0.29) is 17.1 Å². The lowest BCUT2D eigenvalue weighted by Crippen LogP contribution is -2.11. The van der Waals surface area contributed by atoms with Crippen molar-refractivity contribution in [2.45, 2.75) is 6.54 Å². The first-order valence-electron chi connectivity index (χ1n) is 5.13. The van der Waals surface area contributed by atoms with Gasteiger partial charge in [0.05, 0.1) is 11.3 Å². The molecule has 0 aliphatic carbocycles. The molecule has 0 aliphatic heterocycles. The summed E-state index contributed by atoms with van der Waals surface area (Å²) in [6, 6.07) is 5.15. The Labute approximate surface area is 111 Å². The van der Waals surface area contributed by atoms with Crippen molar-refractivity contribution in [3.63, 3.8) is 0 Å². The van der Waals surface area contributed by atoms with Crippen molar-refractivity contribution in [3.8, 4) is 0 Å². The summed E-state index contributed by atoms with van der Waals surface area (Å²) < 4.78 is 14.0. The van der Waals surface area contributed by atoms with Gasteiger partial charge in [0.2, 0.25) is 0 Å². The molecular formula is C11H7ClFN3O3. The van der Waals surface area contributed by atoms with Crippen LogP contribution in [-0.2, 0) is 6.54 Å². The topological polar surface area (TPSA) is 78.0 Å². The van der Waals surface area contributed by atoms with Crippen molar-refractivity contribution >= 4 is 23.2 Å². The zero-order valence-corrected chi connectivity index (χ0v) is 10.2. The minimum Gasteiger partial charge on any atom is -0.358 e. The van der Waals surface area contributed by atoms with Crippen molar-refractivity contribution < 1.29 is 14.1 Å². The largest absolute Gasteiger partial charge is 0.408 e. The van der Waals surface area contributed by atoms with E-state index in [1.165, 1.54) is 24.4 Å². The Bertz CT molecular complexity index is 656. The van der Waals surface area contributed by atoms with Crippen LogP contribution in [0.25, 0.3) is 0 Å². The van der Waals surface area contributed by atoms with Gasteiger partial charge in [0, 0.05) is 5.56 Å². The fourth-order valence-electron chi connectivity index (χ4n) is 1.49. The summed E-state index contributed by atoms with van der Waals surface area (Å²) in [5, 5.41) is 14.0. The maximum Gasteiger partial charge on any atom is 0.408 e. The van der Waals surface area contributed by atoms with Gasteiger partial charge in [-0.15, -0.1) is 0 Å². The lowest BCUT2D eigenvalue weighted by Gasteiger charge is -1.98. The molecule has 1 aromatic carbocycles. The maximum absolute atomic E-state index is 13.0. The van der Waals surface area contributed by atoms with Gasteiger partial charge in [-0.2, -0.15) is 4.68 Å². The fraction of sp³-hybridized carbons (Fsp3) is 0.0909. The number of aromatic nitrogens is 2. The smallest absolute Gasteiger partial charge is 0.358 e. The monoisotopic (exact) mass is 283 g/mol. The molecular weight excluding hydrogens is 277 g/mol. The van der Waals surface area contributed by atoms with E-state index in [1.54, 1.807) is 0 Å². The van der Waals surface area contributed by atoms with Crippen LogP contribution in [0.15, 0.2) is 30.5 Å². The van der Waals surface area contributed by atoms with Gasteiger partial charge in [-0.05, 0) is 17.1 Å². The Morgan fingerprint density at radius 3 is 2.84 bits per heavy atom. The first kappa shape index (κ1) is 13.2. The van der Waals surface area contributed by atoms with E-state index < -0.39 is 22.3 Å². The zero-order valence-electron chi connectivity index (χ0n) is 9.42. The van der Waals surface area contributed by atoms with Crippen LogP contribution in [0.4, 0.5) is 10.2 Å². The summed E-state index contributed by atoms with van der Waals surface area (Å²) in [5.74, 6) is -1.47. The molecule has 0 spiro atoms. The highest BCUT2D eigenvalue weighted by atomic mass is 35.5. The average molecular weight is 284 g/mol. The second-order valence-corrected chi connectivity index (χ2v) is 4.10. The number of nitro groups is 1. The van der Waals surface area contributed by atoms with Crippen LogP contribution in [-0.4, -0.2) is 20.5 Å². The van der Waals surface area contributed by atoms with E-state index in [2.05, 4.69) is 5.10 Å². The van der Waals surface area contributed by atoms with Gasteiger partial charge in [-0.3, -0.25) is 4.79 Å². The molecule has 2 rings (SSSR count). The van der Waals surface area contributed by atoms with Crippen LogP contribution < -0.4 is 0 Å². The van der Waals surface area contributed by atoms with Gasteiger partial charge in [0.15, 0.2) is 10.8 Å². The van der Waals surface area contributed by atoms with E-state index in [0.717, 1.165) is 10.7 Å². The molecule has 0 bridgehead atoms. The predicted molar refractivity (Wildman–Crippen MR) is 64.6 cm³/mol. The molecule has 98 valence electrons. The molecule has 0 aliphatic rings. The second kappa shape index (κ2) is 5.15. The summed E-state index contributed by atoms with van der Waals surface area (Å²) in [7, 11) is 0. The molecule has 0 atom stereocenters. The minimum atomic E-state index is -0.745. The highest BCUT2D eigenvalue weighted by Gasteiger charge is 2.20. The van der Waals surface area contributed by atoms with Crippen molar-refractivity contribution in [3.05, 3.63) is 57.0 Å². The number of ketones is 1. The second-order valence-electron chi connectivity index (χ2n) is 3.69. The molecule has 8 heteroatoms. The molecule has 0 unspecified atom stereocenters. The number of carbonyl (C=O) groups excluding carboxylic acids is 1. The van der Waals surface area contributed by atoms with Crippen molar-refractivity contribution in [2.24, 2.45) is 0 Å². The molecule has 19 heavy (non-hydrogen) atoms. The van der Waals surface area contributed by atoms with Gasteiger partial charge in [0.25, 0.3) is 0 Å². The van der Waals surface area contributed by atoms with Crippen molar-refractivity contribution in [2.75, 3.05) is 0 Å². The Morgan fingerprint density at radius 2 is 2.26 bits per heavy atom. The quantitative estimate of drug-likeness (QED) is 0.490. The lowest BCUT2D eigenvalue weighted by atomic mass is 10.1. The summed E-state index contributed by atoms with van der Waals surface area (Å²) in [6.45, 7) is -0.253.